The van der Waals surface area contributed by atoms with E-state index in [1.54, 1.807) is 7.11 Å². The summed E-state index contributed by atoms with van der Waals surface area (Å²) in [6.45, 7) is 2.57. The monoisotopic (exact) mass is 118 g/mol. The normalized spacial score (nSPS) is 12.8. The van der Waals surface area contributed by atoms with Gasteiger partial charge in [-0.25, -0.2) is 0 Å². The molecule has 0 aliphatic heterocycles. The quantitative estimate of drug-likeness (QED) is 0.494. The summed E-state index contributed by atoms with van der Waals surface area (Å²) in [4.78, 5) is 9.55. The standard InChI is InChI=1S/C5H10O3/c1-5(7-2)3-8-4-6/h4-5H,3H2,1-2H3. The molecule has 0 aromatic rings. The van der Waals surface area contributed by atoms with Gasteiger partial charge in [-0.1, -0.05) is 0 Å². The Hall–Kier alpha value is -0.570. The van der Waals surface area contributed by atoms with Crippen LogP contribution in [-0.4, -0.2) is 26.3 Å². The van der Waals surface area contributed by atoms with E-state index < -0.39 is 0 Å². The third kappa shape index (κ3) is 3.61. The first-order chi connectivity index (χ1) is 3.81. The van der Waals surface area contributed by atoms with Crippen LogP contribution in [0, 0.1) is 0 Å². The highest BCUT2D eigenvalue weighted by atomic mass is 16.5. The first kappa shape index (κ1) is 7.43. The van der Waals surface area contributed by atoms with Crippen molar-refractivity contribution >= 4 is 6.47 Å². The van der Waals surface area contributed by atoms with Crippen LogP contribution in [0.2, 0.25) is 0 Å². The Balaban J connectivity index is 2.97. The van der Waals surface area contributed by atoms with Crippen molar-refractivity contribution in [2.24, 2.45) is 0 Å². The third-order valence-corrected chi connectivity index (χ3v) is 0.801. The molecule has 3 nitrogen and oxygen atoms in total. The van der Waals surface area contributed by atoms with E-state index >= 15 is 0 Å². The summed E-state index contributed by atoms with van der Waals surface area (Å²) in [6, 6.07) is 0. The molecule has 0 rings (SSSR count). The Morgan fingerprint density at radius 1 is 1.75 bits per heavy atom. The second kappa shape index (κ2) is 4.59. The molecule has 0 N–H and O–H groups in total. The van der Waals surface area contributed by atoms with Crippen LogP contribution in [0.1, 0.15) is 6.92 Å². The molecule has 0 amide bonds. The number of ether oxygens (including phenoxy) is 2. The summed E-state index contributed by atoms with van der Waals surface area (Å²) >= 11 is 0. The molecule has 0 saturated carbocycles. The summed E-state index contributed by atoms with van der Waals surface area (Å²) in [5.41, 5.74) is 0. The molecule has 0 aliphatic rings. The molecule has 0 fully saturated rings. The second-order valence-corrected chi connectivity index (χ2v) is 1.48. The predicted molar refractivity (Wildman–Crippen MR) is 28.5 cm³/mol. The lowest BCUT2D eigenvalue weighted by Crippen LogP contribution is -2.12. The SMILES string of the molecule is COC(C)COC=O. The number of hydrogen-bond donors (Lipinski definition) is 0. The Labute approximate surface area is 48.6 Å². The number of carbonyl (C=O) groups excluding carboxylic acids is 1. The van der Waals surface area contributed by atoms with Crippen molar-refractivity contribution in [2.75, 3.05) is 13.7 Å². The molecule has 0 saturated heterocycles. The van der Waals surface area contributed by atoms with Crippen molar-refractivity contribution in [3.05, 3.63) is 0 Å². The molecule has 0 aliphatic carbocycles. The Bertz CT molecular complexity index is 62.7. The zero-order valence-electron chi connectivity index (χ0n) is 5.09. The van der Waals surface area contributed by atoms with Crippen LogP contribution in [0.4, 0.5) is 0 Å². The molecule has 1 unspecified atom stereocenters. The van der Waals surface area contributed by atoms with Crippen LogP contribution in [0.3, 0.4) is 0 Å². The van der Waals surface area contributed by atoms with Crippen molar-refractivity contribution in [1.82, 2.24) is 0 Å². The Morgan fingerprint density at radius 3 is 2.75 bits per heavy atom. The van der Waals surface area contributed by atoms with Gasteiger partial charge in [-0.05, 0) is 6.92 Å². The summed E-state index contributed by atoms with van der Waals surface area (Å²) in [5, 5.41) is 0. The molecule has 1 atom stereocenters. The zero-order chi connectivity index (χ0) is 6.41. The lowest BCUT2D eigenvalue weighted by molar-refractivity contribution is -0.131. The van der Waals surface area contributed by atoms with Gasteiger partial charge in [0.1, 0.15) is 6.61 Å². The van der Waals surface area contributed by atoms with Crippen LogP contribution in [0.15, 0.2) is 0 Å². The molecule has 0 bridgehead atoms. The molecule has 0 aromatic carbocycles. The van der Waals surface area contributed by atoms with Crippen molar-refractivity contribution in [3.8, 4) is 0 Å². The van der Waals surface area contributed by atoms with Crippen molar-refractivity contribution in [1.29, 1.82) is 0 Å². The van der Waals surface area contributed by atoms with Gasteiger partial charge in [0.2, 0.25) is 0 Å². The first-order valence-electron chi connectivity index (χ1n) is 2.39. The molecule has 8 heavy (non-hydrogen) atoms. The van der Waals surface area contributed by atoms with E-state index in [-0.39, 0.29) is 6.10 Å². The number of rotatable bonds is 4. The van der Waals surface area contributed by atoms with Crippen molar-refractivity contribution in [3.63, 3.8) is 0 Å². The maximum atomic E-state index is 9.55. The van der Waals surface area contributed by atoms with Crippen molar-refractivity contribution < 1.29 is 14.3 Å². The highest BCUT2D eigenvalue weighted by Gasteiger charge is 1.95. The molecule has 0 aromatic heterocycles. The van der Waals surface area contributed by atoms with Crippen molar-refractivity contribution in [2.45, 2.75) is 13.0 Å². The summed E-state index contributed by atoms with van der Waals surface area (Å²) in [6.07, 6.45) is 0.000185. The molecular weight excluding hydrogens is 108 g/mol. The van der Waals surface area contributed by atoms with E-state index in [2.05, 4.69) is 4.74 Å². The van der Waals surface area contributed by atoms with E-state index in [0.717, 1.165) is 0 Å². The van der Waals surface area contributed by atoms with Gasteiger partial charge >= 0.3 is 0 Å². The van der Waals surface area contributed by atoms with E-state index in [9.17, 15) is 4.79 Å². The minimum absolute atomic E-state index is 0.000185. The second-order valence-electron chi connectivity index (χ2n) is 1.48. The molecule has 48 valence electrons. The summed E-state index contributed by atoms with van der Waals surface area (Å²) in [5.74, 6) is 0. The fourth-order valence-electron chi connectivity index (χ4n) is 0.243. The first-order valence-corrected chi connectivity index (χ1v) is 2.39. The average Bonchev–Trinajstić information content (AvgIpc) is 1.83. The summed E-state index contributed by atoms with van der Waals surface area (Å²) < 4.78 is 9.15. The largest absolute Gasteiger partial charge is 0.465 e. The van der Waals surface area contributed by atoms with Crippen LogP contribution in [0.25, 0.3) is 0 Å². The van der Waals surface area contributed by atoms with Crippen LogP contribution in [-0.2, 0) is 14.3 Å². The van der Waals surface area contributed by atoms with Gasteiger partial charge in [0.05, 0.1) is 6.10 Å². The Kier molecular flexibility index (Phi) is 4.26. The van der Waals surface area contributed by atoms with Gasteiger partial charge in [-0.3, -0.25) is 4.79 Å². The minimum atomic E-state index is 0.000185. The highest BCUT2D eigenvalue weighted by Crippen LogP contribution is 1.85. The topological polar surface area (TPSA) is 35.5 Å². The average molecular weight is 118 g/mol. The van der Waals surface area contributed by atoms with Gasteiger partial charge in [0, 0.05) is 7.11 Å². The molecule has 0 radical (unpaired) electrons. The van der Waals surface area contributed by atoms with E-state index in [1.165, 1.54) is 0 Å². The zero-order valence-corrected chi connectivity index (χ0v) is 5.09. The fourth-order valence-corrected chi connectivity index (χ4v) is 0.243. The lowest BCUT2D eigenvalue weighted by atomic mass is 10.4. The third-order valence-electron chi connectivity index (χ3n) is 0.801. The molecule has 0 heterocycles. The van der Waals surface area contributed by atoms with E-state index in [1.807, 2.05) is 6.92 Å². The molecular formula is C5H10O3. The highest BCUT2D eigenvalue weighted by molar-refractivity contribution is 5.36. The van der Waals surface area contributed by atoms with Gasteiger partial charge in [-0.15, -0.1) is 0 Å². The smallest absolute Gasteiger partial charge is 0.293 e. The van der Waals surface area contributed by atoms with E-state index in [0.29, 0.717) is 13.1 Å². The van der Waals surface area contributed by atoms with Crippen LogP contribution in [0.5, 0.6) is 0 Å². The lowest BCUT2D eigenvalue weighted by Gasteiger charge is -2.05. The minimum Gasteiger partial charge on any atom is -0.465 e. The Morgan fingerprint density at radius 2 is 2.38 bits per heavy atom. The predicted octanol–water partition coefficient (Wildman–Crippen LogP) is 0.194. The van der Waals surface area contributed by atoms with Gasteiger partial charge in [0.25, 0.3) is 6.47 Å². The molecule has 3 heteroatoms. The molecule has 0 spiro atoms. The van der Waals surface area contributed by atoms with Gasteiger partial charge in [0.15, 0.2) is 0 Å². The van der Waals surface area contributed by atoms with Gasteiger partial charge in [-0.2, -0.15) is 0 Å². The number of hydrogen-bond acceptors (Lipinski definition) is 3. The van der Waals surface area contributed by atoms with Gasteiger partial charge < -0.3 is 9.47 Å². The number of carbonyl (C=O) groups is 1. The maximum Gasteiger partial charge on any atom is 0.293 e. The maximum absolute atomic E-state index is 9.55. The van der Waals surface area contributed by atoms with Crippen LogP contribution >= 0.6 is 0 Å². The van der Waals surface area contributed by atoms with Crippen LogP contribution < -0.4 is 0 Å². The fraction of sp³-hybridized carbons (Fsp3) is 0.800. The van der Waals surface area contributed by atoms with E-state index in [4.69, 9.17) is 4.74 Å². The number of methoxy groups -OCH3 is 1. The summed E-state index contributed by atoms with van der Waals surface area (Å²) in [7, 11) is 1.57.